The van der Waals surface area contributed by atoms with Crippen molar-refractivity contribution in [1.82, 2.24) is 0 Å². The average Bonchev–Trinajstić information content (AvgIpc) is 2.73. The van der Waals surface area contributed by atoms with Crippen molar-refractivity contribution in [3.8, 4) is 0 Å². The van der Waals surface area contributed by atoms with Gasteiger partial charge in [0.2, 0.25) is 5.90 Å². The molecule has 3 heteroatoms. The zero-order valence-electron chi connectivity index (χ0n) is 11.3. The summed E-state index contributed by atoms with van der Waals surface area (Å²) < 4.78 is 10.9. The highest BCUT2D eigenvalue weighted by Gasteiger charge is 2.25. The van der Waals surface area contributed by atoms with E-state index in [0.717, 1.165) is 5.76 Å². The molecule has 1 aliphatic heterocycles. The van der Waals surface area contributed by atoms with Gasteiger partial charge in [0, 0.05) is 6.20 Å². The number of allylic oxidation sites excluding steroid dienone is 2. The molecule has 96 valence electrons. The molecule has 18 heavy (non-hydrogen) atoms. The molecule has 1 unspecified atom stereocenters. The van der Waals surface area contributed by atoms with Gasteiger partial charge in [-0.3, -0.25) is 0 Å². The maximum absolute atomic E-state index is 5.49. The summed E-state index contributed by atoms with van der Waals surface area (Å²) in [7, 11) is 1.64. The van der Waals surface area contributed by atoms with Crippen LogP contribution >= 0.6 is 0 Å². The summed E-state index contributed by atoms with van der Waals surface area (Å²) >= 11 is 0. The van der Waals surface area contributed by atoms with Gasteiger partial charge in [-0.15, -0.1) is 0 Å². The van der Waals surface area contributed by atoms with Crippen LogP contribution in [-0.4, -0.2) is 13.0 Å². The van der Waals surface area contributed by atoms with E-state index >= 15 is 0 Å². The molecular formula is C15H19NO2. The van der Waals surface area contributed by atoms with Crippen LogP contribution in [-0.2, 0) is 4.74 Å². The first-order chi connectivity index (χ1) is 8.52. The Kier molecular flexibility index (Phi) is 3.41. The molecule has 0 aromatic carbocycles. The Bertz CT molecular complexity index is 487. The predicted octanol–water partition coefficient (Wildman–Crippen LogP) is 3.91. The third kappa shape index (κ3) is 2.55. The summed E-state index contributed by atoms with van der Waals surface area (Å²) in [6.45, 7) is 6.54. The Labute approximate surface area is 108 Å². The fourth-order valence-corrected chi connectivity index (χ4v) is 1.93. The van der Waals surface area contributed by atoms with E-state index in [2.05, 4.69) is 31.8 Å². The summed E-state index contributed by atoms with van der Waals surface area (Å²) in [5, 5.41) is 0. The zero-order valence-corrected chi connectivity index (χ0v) is 11.3. The number of methoxy groups -OCH3 is 1. The number of hydrogen-bond acceptors (Lipinski definition) is 3. The lowest BCUT2D eigenvalue weighted by atomic mass is 9.84. The van der Waals surface area contributed by atoms with Gasteiger partial charge in [0.25, 0.3) is 0 Å². The largest absolute Gasteiger partial charge is 0.483 e. The monoisotopic (exact) mass is 245 g/mol. The maximum Gasteiger partial charge on any atom is 0.202 e. The lowest BCUT2D eigenvalue weighted by Crippen LogP contribution is -2.14. The van der Waals surface area contributed by atoms with Gasteiger partial charge in [-0.1, -0.05) is 26.8 Å². The molecule has 0 N–H and O–H groups in total. The van der Waals surface area contributed by atoms with Crippen molar-refractivity contribution in [3.63, 3.8) is 0 Å². The molecule has 1 atom stereocenters. The smallest absolute Gasteiger partial charge is 0.202 e. The van der Waals surface area contributed by atoms with Gasteiger partial charge in [0.05, 0.1) is 13.4 Å². The second-order valence-corrected chi connectivity index (χ2v) is 5.35. The molecule has 0 aliphatic carbocycles. The van der Waals surface area contributed by atoms with Crippen LogP contribution in [0.15, 0.2) is 51.7 Å². The molecular weight excluding hydrogens is 226 g/mol. The van der Waals surface area contributed by atoms with Gasteiger partial charge < -0.3 is 9.15 Å². The van der Waals surface area contributed by atoms with Crippen LogP contribution in [0.3, 0.4) is 0 Å². The van der Waals surface area contributed by atoms with E-state index in [4.69, 9.17) is 9.15 Å². The van der Waals surface area contributed by atoms with Crippen LogP contribution in [0, 0.1) is 5.41 Å². The molecule has 0 fully saturated rings. The van der Waals surface area contributed by atoms with Gasteiger partial charge in [-0.25, -0.2) is 4.99 Å². The molecule has 0 saturated carbocycles. The number of nitrogens with zero attached hydrogens (tertiary/aromatic N) is 1. The first-order valence-electron chi connectivity index (χ1n) is 6.06. The van der Waals surface area contributed by atoms with Crippen LogP contribution in [0.5, 0.6) is 0 Å². The van der Waals surface area contributed by atoms with Gasteiger partial charge in [0.1, 0.15) is 11.7 Å². The van der Waals surface area contributed by atoms with E-state index in [-0.39, 0.29) is 11.3 Å². The molecule has 2 heterocycles. The standard InChI is InChI=1S/C15H19NO2/c1-15(2,3)11-7-8-16-14(17-4)12(10-11)13-6-5-9-18-13/h5-10,12H,1-4H3. The Morgan fingerprint density at radius 1 is 1.33 bits per heavy atom. The van der Waals surface area contributed by atoms with Crippen LogP contribution < -0.4 is 0 Å². The quantitative estimate of drug-likeness (QED) is 0.751. The average molecular weight is 245 g/mol. The normalized spacial score (nSPS) is 20.1. The Hall–Kier alpha value is -1.77. The second kappa shape index (κ2) is 4.84. The molecule has 3 nitrogen and oxygen atoms in total. The fourth-order valence-electron chi connectivity index (χ4n) is 1.93. The maximum atomic E-state index is 5.49. The van der Waals surface area contributed by atoms with Gasteiger partial charge in [0.15, 0.2) is 0 Å². The van der Waals surface area contributed by atoms with Crippen molar-refractivity contribution in [2.24, 2.45) is 10.4 Å². The first-order valence-corrected chi connectivity index (χ1v) is 6.06. The van der Waals surface area contributed by atoms with Crippen molar-refractivity contribution in [3.05, 3.63) is 48.1 Å². The van der Waals surface area contributed by atoms with E-state index in [9.17, 15) is 0 Å². The number of hydrogen-bond donors (Lipinski definition) is 0. The lowest BCUT2D eigenvalue weighted by Gasteiger charge is -2.21. The number of ether oxygens (including phenoxy) is 1. The van der Waals surface area contributed by atoms with Crippen molar-refractivity contribution < 1.29 is 9.15 Å². The molecule has 1 aliphatic rings. The van der Waals surface area contributed by atoms with E-state index in [1.807, 2.05) is 18.2 Å². The molecule has 0 radical (unpaired) electrons. The molecule has 0 bridgehead atoms. The summed E-state index contributed by atoms with van der Waals surface area (Å²) in [4.78, 5) is 4.34. The third-order valence-corrected chi connectivity index (χ3v) is 2.99. The van der Waals surface area contributed by atoms with Gasteiger partial charge >= 0.3 is 0 Å². The Balaban J connectivity index is 2.44. The SMILES string of the molecule is COC1=NC=CC(C(C)(C)C)=CC1c1ccco1. The van der Waals surface area contributed by atoms with Crippen molar-refractivity contribution in [1.29, 1.82) is 0 Å². The van der Waals surface area contributed by atoms with Crippen molar-refractivity contribution in [2.45, 2.75) is 26.7 Å². The Morgan fingerprint density at radius 3 is 2.67 bits per heavy atom. The van der Waals surface area contributed by atoms with Crippen molar-refractivity contribution in [2.75, 3.05) is 7.11 Å². The van der Waals surface area contributed by atoms with Crippen LogP contribution in [0.4, 0.5) is 0 Å². The van der Waals surface area contributed by atoms with Gasteiger partial charge in [-0.2, -0.15) is 0 Å². The van der Waals surface area contributed by atoms with Crippen LogP contribution in [0.25, 0.3) is 0 Å². The minimum atomic E-state index is -0.0609. The summed E-state index contributed by atoms with van der Waals surface area (Å²) in [5.74, 6) is 1.44. The summed E-state index contributed by atoms with van der Waals surface area (Å²) in [6, 6.07) is 3.83. The van der Waals surface area contributed by atoms with Crippen LogP contribution in [0.2, 0.25) is 0 Å². The zero-order chi connectivity index (χ0) is 13.2. The number of aliphatic imine (C=N–C) groups is 1. The Morgan fingerprint density at radius 2 is 2.11 bits per heavy atom. The highest BCUT2D eigenvalue weighted by atomic mass is 16.5. The highest BCUT2D eigenvalue weighted by molar-refractivity contribution is 5.86. The third-order valence-electron chi connectivity index (χ3n) is 2.99. The van der Waals surface area contributed by atoms with Gasteiger partial charge in [-0.05, 0) is 29.2 Å². The molecule has 0 saturated heterocycles. The summed E-state index contributed by atoms with van der Waals surface area (Å²) in [6.07, 6.45) is 7.65. The predicted molar refractivity (Wildman–Crippen MR) is 72.6 cm³/mol. The number of rotatable bonds is 1. The highest BCUT2D eigenvalue weighted by Crippen LogP contribution is 2.32. The fraction of sp³-hybridized carbons (Fsp3) is 0.400. The lowest BCUT2D eigenvalue weighted by molar-refractivity contribution is 0.378. The van der Waals surface area contributed by atoms with E-state index < -0.39 is 0 Å². The topological polar surface area (TPSA) is 34.7 Å². The minimum Gasteiger partial charge on any atom is -0.483 e. The van der Waals surface area contributed by atoms with Crippen molar-refractivity contribution >= 4 is 5.90 Å². The van der Waals surface area contributed by atoms with Crippen LogP contribution in [0.1, 0.15) is 32.4 Å². The molecule has 1 aromatic heterocycles. The van der Waals surface area contributed by atoms with E-state index in [1.165, 1.54) is 5.57 Å². The van der Waals surface area contributed by atoms with E-state index in [0.29, 0.717) is 5.90 Å². The second-order valence-electron chi connectivity index (χ2n) is 5.35. The molecule has 1 aromatic rings. The molecule has 2 rings (SSSR count). The van der Waals surface area contributed by atoms with E-state index in [1.54, 1.807) is 19.6 Å². The first kappa shape index (κ1) is 12.7. The molecule has 0 spiro atoms. The number of furan rings is 1. The minimum absolute atomic E-state index is 0.0609. The summed E-state index contributed by atoms with van der Waals surface area (Å²) in [5.41, 5.74) is 1.29. The molecule has 0 amide bonds.